The van der Waals surface area contributed by atoms with Crippen molar-refractivity contribution in [3.05, 3.63) is 18.2 Å². The predicted molar refractivity (Wildman–Crippen MR) is 106 cm³/mol. The minimum atomic E-state index is -3.48. The molecular formula is C18H28N3O4S2+. The van der Waals surface area contributed by atoms with Crippen molar-refractivity contribution in [2.45, 2.75) is 30.1 Å². The van der Waals surface area contributed by atoms with Crippen molar-refractivity contribution >= 4 is 32.9 Å². The summed E-state index contributed by atoms with van der Waals surface area (Å²) in [5.74, 6) is 1.45. The molecule has 7 nitrogen and oxygen atoms in total. The van der Waals surface area contributed by atoms with E-state index in [1.165, 1.54) is 30.2 Å². The summed E-state index contributed by atoms with van der Waals surface area (Å²) in [5, 5.41) is 0.545. The Bertz CT molecular complexity index is 880. The Labute approximate surface area is 165 Å². The van der Waals surface area contributed by atoms with E-state index in [9.17, 15) is 8.42 Å². The number of fused-ring (bicyclic) bond motifs is 1. The third-order valence-corrected chi connectivity index (χ3v) is 7.30. The maximum Gasteiger partial charge on any atom is 0.256 e. The molecule has 1 N–H and O–H groups in total. The Morgan fingerprint density at radius 2 is 2.15 bits per heavy atom. The van der Waals surface area contributed by atoms with Crippen LogP contribution in [0.3, 0.4) is 0 Å². The van der Waals surface area contributed by atoms with Crippen molar-refractivity contribution in [3.8, 4) is 0 Å². The van der Waals surface area contributed by atoms with Crippen LogP contribution in [0.15, 0.2) is 32.7 Å². The van der Waals surface area contributed by atoms with Gasteiger partial charge in [-0.1, -0.05) is 25.6 Å². The van der Waals surface area contributed by atoms with Gasteiger partial charge in [0.05, 0.1) is 18.0 Å². The lowest BCUT2D eigenvalue weighted by Crippen LogP contribution is -3.15. The number of hydrogen-bond acceptors (Lipinski definition) is 6. The second-order valence-electron chi connectivity index (χ2n) is 7.50. The summed E-state index contributed by atoms with van der Waals surface area (Å²) in [4.78, 5) is 6.25. The summed E-state index contributed by atoms with van der Waals surface area (Å²) >= 11 is 1.52. The minimum Gasteiger partial charge on any atom is -0.431 e. The molecule has 1 aliphatic rings. The molecule has 0 aliphatic carbocycles. The lowest BCUT2D eigenvalue weighted by molar-refractivity contribution is -0.914. The molecule has 0 spiro atoms. The summed E-state index contributed by atoms with van der Waals surface area (Å²) in [6.07, 6.45) is 0.178. The van der Waals surface area contributed by atoms with Gasteiger partial charge in [-0.3, -0.25) is 0 Å². The summed E-state index contributed by atoms with van der Waals surface area (Å²) in [6, 6.07) is 4.77. The van der Waals surface area contributed by atoms with Gasteiger partial charge < -0.3 is 14.1 Å². The van der Waals surface area contributed by atoms with Crippen LogP contribution in [0.25, 0.3) is 11.1 Å². The molecule has 0 saturated carbocycles. The molecule has 3 rings (SSSR count). The lowest BCUT2D eigenvalue weighted by atomic mass is 10.2. The predicted octanol–water partition coefficient (Wildman–Crippen LogP) is 1.11. The van der Waals surface area contributed by atoms with Crippen LogP contribution in [0.5, 0.6) is 0 Å². The van der Waals surface area contributed by atoms with E-state index < -0.39 is 10.0 Å². The summed E-state index contributed by atoms with van der Waals surface area (Å²) in [5.41, 5.74) is 1.14. The fraction of sp³-hybridized carbons (Fsp3) is 0.611. The molecule has 0 amide bonds. The number of aromatic nitrogens is 1. The average molecular weight is 415 g/mol. The molecule has 1 fully saturated rings. The first-order chi connectivity index (χ1) is 12.8. The zero-order chi connectivity index (χ0) is 19.6. The van der Waals surface area contributed by atoms with Gasteiger partial charge in [0.1, 0.15) is 24.7 Å². The number of nitrogens with zero attached hydrogens (tertiary/aromatic N) is 2. The molecule has 2 heterocycles. The van der Waals surface area contributed by atoms with Crippen molar-refractivity contribution in [3.63, 3.8) is 0 Å². The molecular weight excluding hydrogens is 386 g/mol. The number of rotatable bonds is 7. The van der Waals surface area contributed by atoms with Crippen LogP contribution in [0.1, 0.15) is 13.8 Å². The van der Waals surface area contributed by atoms with Gasteiger partial charge >= 0.3 is 0 Å². The Morgan fingerprint density at radius 3 is 2.85 bits per heavy atom. The number of thioether (sulfide) groups is 1. The fourth-order valence-corrected chi connectivity index (χ4v) is 4.98. The number of morpholine rings is 1. The quantitative estimate of drug-likeness (QED) is 0.684. The number of nitrogens with one attached hydrogen (secondary N) is 1. The van der Waals surface area contributed by atoms with Crippen LogP contribution in [0, 0.1) is 5.92 Å². The molecule has 1 aliphatic heterocycles. The summed E-state index contributed by atoms with van der Waals surface area (Å²) < 4.78 is 37.4. The van der Waals surface area contributed by atoms with Gasteiger partial charge in [0.15, 0.2) is 5.58 Å². The molecule has 2 aromatic rings. The molecule has 27 heavy (non-hydrogen) atoms. The van der Waals surface area contributed by atoms with Gasteiger partial charge in [0, 0.05) is 25.8 Å². The highest BCUT2D eigenvalue weighted by atomic mass is 32.2. The molecule has 1 aromatic heterocycles. The van der Waals surface area contributed by atoms with Crippen molar-refractivity contribution in [1.29, 1.82) is 0 Å². The lowest BCUT2D eigenvalue weighted by Gasteiger charge is -2.30. The SMILES string of the molecule is CC(C)C[NH+]1CCO[C@@H](CSc2nc3cc(S(=O)(=O)N(C)C)ccc3o2)C1. The highest BCUT2D eigenvalue weighted by Crippen LogP contribution is 2.26. The number of oxazole rings is 1. The minimum absolute atomic E-state index is 0.178. The number of hydrogen-bond donors (Lipinski definition) is 1. The summed E-state index contributed by atoms with van der Waals surface area (Å²) in [7, 11) is -0.458. The first-order valence-electron chi connectivity index (χ1n) is 9.17. The van der Waals surface area contributed by atoms with Gasteiger partial charge in [-0.2, -0.15) is 0 Å². The highest BCUT2D eigenvalue weighted by Gasteiger charge is 2.25. The van der Waals surface area contributed by atoms with Crippen molar-refractivity contribution in [1.82, 2.24) is 9.29 Å². The van der Waals surface area contributed by atoms with E-state index in [0.717, 1.165) is 32.0 Å². The molecule has 150 valence electrons. The topological polar surface area (TPSA) is 77.1 Å². The van der Waals surface area contributed by atoms with E-state index in [-0.39, 0.29) is 11.0 Å². The fourth-order valence-electron chi connectivity index (χ4n) is 3.21. The normalized spacial score (nSPS) is 21.4. The number of ether oxygens (including phenoxy) is 1. The molecule has 9 heteroatoms. The standard InChI is InChI=1S/C18H27N3O4S2/c1-13(2)10-21-7-8-24-14(11-21)12-26-18-19-16-9-15(5-6-17(16)25-18)27(22,23)20(3)4/h5-6,9,13-14H,7-8,10-12H2,1-4H3/p+1/t14-/m1/s1. The Hall–Kier alpha value is -1.13. The molecule has 1 aromatic carbocycles. The van der Waals surface area contributed by atoms with Crippen molar-refractivity contribution < 1.29 is 22.5 Å². The number of benzene rings is 1. The molecule has 0 radical (unpaired) electrons. The van der Waals surface area contributed by atoms with Crippen LogP contribution >= 0.6 is 11.8 Å². The zero-order valence-electron chi connectivity index (χ0n) is 16.3. The van der Waals surface area contributed by atoms with Gasteiger partial charge in [-0.15, -0.1) is 0 Å². The van der Waals surface area contributed by atoms with E-state index in [4.69, 9.17) is 9.15 Å². The largest absolute Gasteiger partial charge is 0.431 e. The van der Waals surface area contributed by atoms with Crippen molar-refractivity contribution in [2.24, 2.45) is 5.92 Å². The van der Waals surface area contributed by atoms with E-state index >= 15 is 0 Å². The van der Waals surface area contributed by atoms with E-state index in [1.54, 1.807) is 23.1 Å². The Balaban J connectivity index is 1.66. The van der Waals surface area contributed by atoms with E-state index in [0.29, 0.717) is 22.2 Å². The van der Waals surface area contributed by atoms with E-state index in [2.05, 4.69) is 18.8 Å². The number of sulfonamides is 1. The molecule has 1 saturated heterocycles. The highest BCUT2D eigenvalue weighted by molar-refractivity contribution is 7.99. The number of quaternary nitrogens is 1. The second-order valence-corrected chi connectivity index (χ2v) is 10.6. The molecule has 1 unspecified atom stereocenters. The zero-order valence-corrected chi connectivity index (χ0v) is 17.9. The first kappa shape index (κ1) is 20.6. The van der Waals surface area contributed by atoms with Crippen LogP contribution < -0.4 is 4.90 Å². The average Bonchev–Trinajstić information content (AvgIpc) is 3.01. The third kappa shape index (κ3) is 5.03. The van der Waals surface area contributed by atoms with Crippen LogP contribution in [0.4, 0.5) is 0 Å². The van der Waals surface area contributed by atoms with Crippen LogP contribution in [-0.4, -0.2) is 69.9 Å². The first-order valence-corrected chi connectivity index (χ1v) is 11.6. The van der Waals surface area contributed by atoms with Gasteiger partial charge in [0.2, 0.25) is 10.0 Å². The van der Waals surface area contributed by atoms with Gasteiger partial charge in [0.25, 0.3) is 5.22 Å². The maximum atomic E-state index is 12.3. The maximum absolute atomic E-state index is 12.3. The Morgan fingerprint density at radius 1 is 1.37 bits per heavy atom. The smallest absolute Gasteiger partial charge is 0.256 e. The third-order valence-electron chi connectivity index (χ3n) is 4.53. The van der Waals surface area contributed by atoms with E-state index in [1.807, 2.05) is 0 Å². The van der Waals surface area contributed by atoms with Crippen LogP contribution in [-0.2, 0) is 14.8 Å². The van der Waals surface area contributed by atoms with Crippen molar-refractivity contribution in [2.75, 3.05) is 46.1 Å². The van der Waals surface area contributed by atoms with Gasteiger partial charge in [-0.25, -0.2) is 17.7 Å². The molecule has 2 atom stereocenters. The monoisotopic (exact) mass is 414 g/mol. The molecule has 0 bridgehead atoms. The summed E-state index contributed by atoms with van der Waals surface area (Å²) in [6.45, 7) is 8.50. The Kier molecular flexibility index (Phi) is 6.47. The second kappa shape index (κ2) is 8.48. The van der Waals surface area contributed by atoms with Gasteiger partial charge in [-0.05, 0) is 18.2 Å². The van der Waals surface area contributed by atoms with Crippen LogP contribution in [0.2, 0.25) is 0 Å².